The molecule has 0 aromatic heterocycles. The van der Waals surface area contributed by atoms with Crippen molar-refractivity contribution in [3.63, 3.8) is 0 Å². The van der Waals surface area contributed by atoms with E-state index < -0.39 is 0 Å². The van der Waals surface area contributed by atoms with E-state index in [4.69, 9.17) is 0 Å². The van der Waals surface area contributed by atoms with Gasteiger partial charge in [0, 0.05) is 5.56 Å². The molecular formula is C15H22NO+. The Balaban J connectivity index is 2.03. The molecule has 1 N–H and O–H groups in total. The Morgan fingerprint density at radius 1 is 1.18 bits per heavy atom. The molecule has 1 aliphatic rings. The summed E-state index contributed by atoms with van der Waals surface area (Å²) in [6, 6.07) is 6.11. The van der Waals surface area contributed by atoms with Crippen LogP contribution in [0.3, 0.4) is 0 Å². The van der Waals surface area contributed by atoms with Crippen molar-refractivity contribution in [1.82, 2.24) is 0 Å². The van der Waals surface area contributed by atoms with Gasteiger partial charge < -0.3 is 4.90 Å². The number of piperidine rings is 1. The number of nitrogens with one attached hydrogen (secondary N) is 1. The number of aryl methyl sites for hydroxylation is 2. The number of hydrogen-bond acceptors (Lipinski definition) is 1. The van der Waals surface area contributed by atoms with E-state index in [0.717, 1.165) is 24.2 Å². The van der Waals surface area contributed by atoms with E-state index in [1.807, 2.05) is 19.1 Å². The highest BCUT2D eigenvalue weighted by Gasteiger charge is 2.19. The van der Waals surface area contributed by atoms with Crippen LogP contribution in [0.1, 0.15) is 40.7 Å². The number of benzene rings is 1. The molecule has 1 fully saturated rings. The number of Topliss-reactive ketones (excluding diaryl/α,β-unsaturated/α-hetero) is 1. The van der Waals surface area contributed by atoms with Gasteiger partial charge in [0.1, 0.15) is 6.54 Å². The Morgan fingerprint density at radius 2 is 1.88 bits per heavy atom. The standard InChI is InChI=1S/C15H21NO/c1-12-6-7-14(13(2)10-12)15(17)11-16-8-4-3-5-9-16/h6-7,10H,3-5,8-9,11H2,1-2H3/p+1. The number of quaternary nitrogens is 1. The summed E-state index contributed by atoms with van der Waals surface area (Å²) >= 11 is 0. The van der Waals surface area contributed by atoms with E-state index in [0.29, 0.717) is 12.3 Å². The minimum Gasteiger partial charge on any atom is -0.328 e. The Hall–Kier alpha value is -1.15. The van der Waals surface area contributed by atoms with Gasteiger partial charge in [-0.15, -0.1) is 0 Å². The average molecular weight is 232 g/mol. The molecule has 92 valence electrons. The Bertz CT molecular complexity index is 405. The summed E-state index contributed by atoms with van der Waals surface area (Å²) in [5.74, 6) is 0.305. The van der Waals surface area contributed by atoms with E-state index in [1.54, 1.807) is 0 Å². The van der Waals surface area contributed by atoms with Gasteiger partial charge in [-0.1, -0.05) is 23.8 Å². The first-order chi connectivity index (χ1) is 8.16. The van der Waals surface area contributed by atoms with Crippen molar-refractivity contribution in [2.24, 2.45) is 0 Å². The van der Waals surface area contributed by atoms with E-state index in [2.05, 4.69) is 13.0 Å². The molecule has 0 spiro atoms. The van der Waals surface area contributed by atoms with Crippen molar-refractivity contribution in [2.45, 2.75) is 33.1 Å². The molecule has 0 bridgehead atoms. The van der Waals surface area contributed by atoms with E-state index in [1.165, 1.54) is 29.7 Å². The van der Waals surface area contributed by atoms with Crippen molar-refractivity contribution in [1.29, 1.82) is 0 Å². The second kappa shape index (κ2) is 5.46. The quantitative estimate of drug-likeness (QED) is 0.785. The Morgan fingerprint density at radius 3 is 2.53 bits per heavy atom. The summed E-state index contributed by atoms with van der Waals surface area (Å²) in [5, 5.41) is 0. The van der Waals surface area contributed by atoms with Gasteiger partial charge in [-0.25, -0.2) is 0 Å². The van der Waals surface area contributed by atoms with E-state index in [-0.39, 0.29) is 0 Å². The first-order valence-electron chi connectivity index (χ1n) is 6.61. The highest BCUT2D eigenvalue weighted by Crippen LogP contribution is 2.10. The lowest BCUT2D eigenvalue weighted by Gasteiger charge is -2.23. The maximum absolute atomic E-state index is 12.2. The molecular weight excluding hydrogens is 210 g/mol. The lowest BCUT2D eigenvalue weighted by molar-refractivity contribution is -0.896. The zero-order chi connectivity index (χ0) is 12.3. The Labute approximate surface area is 104 Å². The zero-order valence-corrected chi connectivity index (χ0v) is 10.9. The van der Waals surface area contributed by atoms with Gasteiger partial charge in [0.15, 0.2) is 0 Å². The molecule has 0 saturated carbocycles. The van der Waals surface area contributed by atoms with Gasteiger partial charge in [0.2, 0.25) is 5.78 Å². The summed E-state index contributed by atoms with van der Waals surface area (Å²) in [6.07, 6.45) is 3.88. The molecule has 0 aliphatic carbocycles. The third-order valence-electron chi connectivity index (χ3n) is 3.65. The van der Waals surface area contributed by atoms with Gasteiger partial charge >= 0.3 is 0 Å². The van der Waals surface area contributed by atoms with E-state index >= 15 is 0 Å². The van der Waals surface area contributed by atoms with Crippen LogP contribution in [0.15, 0.2) is 18.2 Å². The Kier molecular flexibility index (Phi) is 3.95. The average Bonchev–Trinajstić information content (AvgIpc) is 2.30. The summed E-state index contributed by atoms with van der Waals surface area (Å²) in [4.78, 5) is 13.7. The monoisotopic (exact) mass is 232 g/mol. The second-order valence-corrected chi connectivity index (χ2v) is 5.23. The second-order valence-electron chi connectivity index (χ2n) is 5.23. The van der Waals surface area contributed by atoms with Crippen LogP contribution >= 0.6 is 0 Å². The molecule has 2 nitrogen and oxygen atoms in total. The van der Waals surface area contributed by atoms with E-state index in [9.17, 15) is 4.79 Å². The maximum atomic E-state index is 12.2. The van der Waals surface area contributed by atoms with Crippen molar-refractivity contribution in [2.75, 3.05) is 19.6 Å². The van der Waals surface area contributed by atoms with Crippen molar-refractivity contribution < 1.29 is 9.69 Å². The summed E-state index contributed by atoms with van der Waals surface area (Å²) in [5.41, 5.74) is 3.25. The molecule has 1 aromatic carbocycles. The highest BCUT2D eigenvalue weighted by molar-refractivity contribution is 5.98. The highest BCUT2D eigenvalue weighted by atomic mass is 16.1. The van der Waals surface area contributed by atoms with Gasteiger partial charge in [-0.2, -0.15) is 0 Å². The number of carbonyl (C=O) groups is 1. The summed E-state index contributed by atoms with van der Waals surface area (Å²) in [7, 11) is 0. The number of likely N-dealkylation sites (tertiary alicyclic amines) is 1. The van der Waals surface area contributed by atoms with Crippen LogP contribution < -0.4 is 4.90 Å². The predicted octanol–water partition coefficient (Wildman–Crippen LogP) is 1.55. The van der Waals surface area contributed by atoms with Crippen LogP contribution in [0.4, 0.5) is 0 Å². The molecule has 17 heavy (non-hydrogen) atoms. The van der Waals surface area contributed by atoms with Crippen LogP contribution in [0.2, 0.25) is 0 Å². The summed E-state index contributed by atoms with van der Waals surface area (Å²) in [6.45, 7) is 7.10. The fourth-order valence-electron chi connectivity index (χ4n) is 2.68. The SMILES string of the molecule is Cc1ccc(C(=O)C[NH+]2CCCCC2)c(C)c1. The normalized spacial score (nSPS) is 17.1. The smallest absolute Gasteiger partial charge is 0.217 e. The topological polar surface area (TPSA) is 21.5 Å². The van der Waals surface area contributed by atoms with Gasteiger partial charge in [0.25, 0.3) is 0 Å². The molecule has 1 saturated heterocycles. The third kappa shape index (κ3) is 3.16. The van der Waals surface area contributed by atoms with Crippen LogP contribution in [-0.4, -0.2) is 25.4 Å². The zero-order valence-electron chi connectivity index (χ0n) is 10.9. The minimum absolute atomic E-state index is 0.305. The lowest BCUT2D eigenvalue weighted by Crippen LogP contribution is -3.13. The fourth-order valence-corrected chi connectivity index (χ4v) is 2.68. The van der Waals surface area contributed by atoms with Crippen molar-refractivity contribution in [3.8, 4) is 0 Å². The number of ketones is 1. The molecule has 0 radical (unpaired) electrons. The lowest BCUT2D eigenvalue weighted by atomic mass is 10.0. The molecule has 2 rings (SSSR count). The number of carbonyl (C=O) groups excluding carboxylic acids is 1. The van der Waals surface area contributed by atoms with Gasteiger partial charge in [-0.05, 0) is 38.7 Å². The van der Waals surface area contributed by atoms with Crippen LogP contribution in [-0.2, 0) is 0 Å². The molecule has 1 heterocycles. The predicted molar refractivity (Wildman–Crippen MR) is 69.7 cm³/mol. The van der Waals surface area contributed by atoms with Crippen LogP contribution in [0.5, 0.6) is 0 Å². The summed E-state index contributed by atoms with van der Waals surface area (Å²) < 4.78 is 0. The van der Waals surface area contributed by atoms with Crippen molar-refractivity contribution in [3.05, 3.63) is 34.9 Å². The first kappa shape index (κ1) is 12.3. The molecule has 0 amide bonds. The molecule has 1 aliphatic heterocycles. The molecule has 0 atom stereocenters. The number of rotatable bonds is 3. The first-order valence-corrected chi connectivity index (χ1v) is 6.61. The van der Waals surface area contributed by atoms with Crippen molar-refractivity contribution >= 4 is 5.78 Å². The van der Waals surface area contributed by atoms with Crippen LogP contribution in [0.25, 0.3) is 0 Å². The third-order valence-corrected chi connectivity index (χ3v) is 3.65. The van der Waals surface area contributed by atoms with Gasteiger partial charge in [-0.3, -0.25) is 4.79 Å². The largest absolute Gasteiger partial charge is 0.328 e. The van der Waals surface area contributed by atoms with Gasteiger partial charge in [0.05, 0.1) is 13.1 Å². The molecule has 2 heteroatoms. The molecule has 1 aromatic rings. The maximum Gasteiger partial charge on any atom is 0.217 e. The fraction of sp³-hybridized carbons (Fsp3) is 0.533. The number of hydrogen-bond donors (Lipinski definition) is 1. The molecule has 0 unspecified atom stereocenters. The minimum atomic E-state index is 0.305. The van der Waals surface area contributed by atoms with Crippen LogP contribution in [0, 0.1) is 13.8 Å².